The number of para-hydroxylation sites is 1. The molecule has 0 atom stereocenters. The van der Waals surface area contributed by atoms with Crippen LogP contribution in [-0.4, -0.2) is 50.3 Å². The monoisotopic (exact) mass is 426 g/mol. The number of benzene rings is 1. The number of aromatic nitrogens is 1. The minimum absolute atomic E-state index is 0.0665. The number of carbonyl (C=O) groups is 1. The first-order chi connectivity index (χ1) is 13.4. The molecule has 9 nitrogen and oxygen atoms in total. The molecule has 1 aromatic carbocycles. The Morgan fingerprint density at radius 1 is 1.29 bits per heavy atom. The molecule has 2 aromatic rings. The van der Waals surface area contributed by atoms with Gasteiger partial charge in [0.05, 0.1) is 31.4 Å². The smallest absolute Gasteiger partial charge is 0.325 e. The molecule has 0 bridgehead atoms. The fraction of sp³-hybridized carbons (Fsp3) is 0.412. The second-order valence-corrected chi connectivity index (χ2v) is 9.33. The van der Waals surface area contributed by atoms with Crippen LogP contribution in [0.1, 0.15) is 17.5 Å². The fourth-order valence-corrected chi connectivity index (χ4v) is 5.04. The van der Waals surface area contributed by atoms with Crippen LogP contribution in [0.15, 0.2) is 18.2 Å². The van der Waals surface area contributed by atoms with E-state index < -0.39 is 16.1 Å². The van der Waals surface area contributed by atoms with Crippen LogP contribution in [0.4, 0.5) is 15.6 Å². The third kappa shape index (κ3) is 4.21. The summed E-state index contributed by atoms with van der Waals surface area (Å²) < 4.78 is 36.1. The summed E-state index contributed by atoms with van der Waals surface area (Å²) in [6.07, 6.45) is 0.526. The minimum atomic E-state index is -3.25. The lowest BCUT2D eigenvalue weighted by atomic mass is 10.2. The lowest BCUT2D eigenvalue weighted by Crippen LogP contribution is -2.36. The number of nitrogens with zero attached hydrogens (tertiary/aromatic N) is 2. The number of amides is 2. The number of fused-ring (bicyclic) bond motifs is 1. The largest absolute Gasteiger partial charge is 0.493 e. The third-order valence-electron chi connectivity index (χ3n) is 4.33. The molecule has 0 saturated heterocycles. The number of hydrogen-bond donors (Lipinski definition) is 2. The summed E-state index contributed by atoms with van der Waals surface area (Å²) in [6, 6.07) is 4.69. The molecular weight excluding hydrogens is 404 g/mol. The lowest BCUT2D eigenvalue weighted by molar-refractivity contribution is 0.262. The predicted octanol–water partition coefficient (Wildman–Crippen LogP) is 2.51. The Morgan fingerprint density at radius 2 is 2.07 bits per heavy atom. The van der Waals surface area contributed by atoms with Gasteiger partial charge in [0, 0.05) is 24.4 Å². The average molecular weight is 427 g/mol. The summed E-state index contributed by atoms with van der Waals surface area (Å²) in [4.78, 5) is 17.6. The molecule has 3 rings (SSSR count). The van der Waals surface area contributed by atoms with Crippen LogP contribution in [0.5, 0.6) is 11.5 Å². The SMILES string of the molecule is CCS(=O)(=O)N1CCc2nc(NC(=O)Nc3cccc(OC)c3OC)sc2C1. The molecule has 0 unspecified atom stereocenters. The van der Waals surface area contributed by atoms with E-state index >= 15 is 0 Å². The van der Waals surface area contributed by atoms with Gasteiger partial charge in [0.25, 0.3) is 0 Å². The Bertz CT molecular complexity index is 974. The maximum absolute atomic E-state index is 12.4. The maximum atomic E-state index is 12.4. The third-order valence-corrected chi connectivity index (χ3v) is 7.15. The summed E-state index contributed by atoms with van der Waals surface area (Å²) in [5.41, 5.74) is 1.28. The van der Waals surface area contributed by atoms with E-state index in [9.17, 15) is 13.2 Å². The highest BCUT2D eigenvalue weighted by Crippen LogP contribution is 2.35. The minimum Gasteiger partial charge on any atom is -0.493 e. The second-order valence-electron chi connectivity index (χ2n) is 5.99. The first-order valence-electron chi connectivity index (χ1n) is 8.63. The summed E-state index contributed by atoms with van der Waals surface area (Å²) in [7, 11) is -0.236. The maximum Gasteiger partial charge on any atom is 0.325 e. The summed E-state index contributed by atoms with van der Waals surface area (Å²) in [5.74, 6) is 0.984. The molecule has 2 N–H and O–H groups in total. The molecule has 11 heteroatoms. The summed E-state index contributed by atoms with van der Waals surface area (Å²) in [5, 5.41) is 5.83. The van der Waals surface area contributed by atoms with E-state index in [1.54, 1.807) is 25.1 Å². The first-order valence-corrected chi connectivity index (χ1v) is 11.1. The molecule has 1 aliphatic rings. The number of anilines is 2. The van der Waals surface area contributed by atoms with Crippen LogP contribution < -0.4 is 20.1 Å². The molecule has 1 aliphatic heterocycles. The molecule has 1 aromatic heterocycles. The predicted molar refractivity (Wildman–Crippen MR) is 108 cm³/mol. The molecule has 2 heterocycles. The van der Waals surface area contributed by atoms with Crippen molar-refractivity contribution in [3.05, 3.63) is 28.8 Å². The molecule has 0 fully saturated rings. The van der Waals surface area contributed by atoms with E-state index in [-0.39, 0.29) is 12.3 Å². The second kappa shape index (κ2) is 8.33. The number of ether oxygens (including phenoxy) is 2. The Morgan fingerprint density at radius 3 is 2.75 bits per heavy atom. The van der Waals surface area contributed by atoms with E-state index in [1.165, 1.54) is 29.9 Å². The van der Waals surface area contributed by atoms with Crippen LogP contribution >= 0.6 is 11.3 Å². The van der Waals surface area contributed by atoms with Gasteiger partial charge < -0.3 is 14.8 Å². The molecule has 0 saturated carbocycles. The average Bonchev–Trinajstić information content (AvgIpc) is 3.08. The number of sulfonamides is 1. The van der Waals surface area contributed by atoms with Crippen molar-refractivity contribution in [2.45, 2.75) is 19.9 Å². The molecule has 2 amide bonds. The zero-order chi connectivity index (χ0) is 20.3. The number of thiazole rings is 1. The van der Waals surface area contributed by atoms with Gasteiger partial charge in [-0.25, -0.2) is 18.2 Å². The molecule has 0 aliphatic carbocycles. The summed E-state index contributed by atoms with van der Waals surface area (Å²) in [6.45, 7) is 2.32. The lowest BCUT2D eigenvalue weighted by Gasteiger charge is -2.24. The number of nitrogens with one attached hydrogen (secondary N) is 2. The highest BCUT2D eigenvalue weighted by molar-refractivity contribution is 7.89. The van der Waals surface area contributed by atoms with Gasteiger partial charge >= 0.3 is 6.03 Å². The summed E-state index contributed by atoms with van der Waals surface area (Å²) >= 11 is 1.28. The number of rotatable bonds is 6. The van der Waals surface area contributed by atoms with Gasteiger partial charge in [-0.15, -0.1) is 0 Å². The Hall–Kier alpha value is -2.37. The highest BCUT2D eigenvalue weighted by atomic mass is 32.2. The van der Waals surface area contributed by atoms with Crippen LogP contribution in [0, 0.1) is 0 Å². The van der Waals surface area contributed by atoms with E-state index in [1.807, 2.05) is 0 Å². The van der Waals surface area contributed by atoms with Gasteiger partial charge in [-0.1, -0.05) is 17.4 Å². The van der Waals surface area contributed by atoms with Crippen molar-refractivity contribution in [3.63, 3.8) is 0 Å². The van der Waals surface area contributed by atoms with Crippen molar-refractivity contribution < 1.29 is 22.7 Å². The zero-order valence-electron chi connectivity index (χ0n) is 15.8. The van der Waals surface area contributed by atoms with Crippen LogP contribution in [0.2, 0.25) is 0 Å². The zero-order valence-corrected chi connectivity index (χ0v) is 17.4. The van der Waals surface area contributed by atoms with Crippen molar-refractivity contribution in [1.82, 2.24) is 9.29 Å². The Balaban J connectivity index is 1.70. The van der Waals surface area contributed by atoms with Gasteiger partial charge in [-0.05, 0) is 19.1 Å². The van der Waals surface area contributed by atoms with Crippen molar-refractivity contribution in [1.29, 1.82) is 0 Å². The Kier molecular flexibility index (Phi) is 6.06. The van der Waals surface area contributed by atoms with Gasteiger partial charge in [0.1, 0.15) is 0 Å². The van der Waals surface area contributed by atoms with Crippen LogP contribution in [0.25, 0.3) is 0 Å². The van der Waals surface area contributed by atoms with E-state index in [0.29, 0.717) is 35.3 Å². The topological polar surface area (TPSA) is 110 Å². The van der Waals surface area contributed by atoms with Crippen molar-refractivity contribution >= 4 is 38.2 Å². The number of hydrogen-bond acceptors (Lipinski definition) is 7. The van der Waals surface area contributed by atoms with E-state index in [2.05, 4.69) is 15.6 Å². The number of methoxy groups -OCH3 is 2. The fourth-order valence-electron chi connectivity index (χ4n) is 2.88. The first kappa shape index (κ1) is 20.4. The Labute approximate surface area is 167 Å². The van der Waals surface area contributed by atoms with Crippen molar-refractivity contribution in [2.24, 2.45) is 0 Å². The molecular formula is C17H22N4O5S2. The normalized spacial score (nSPS) is 14.2. The number of carbonyl (C=O) groups excluding carboxylic acids is 1. The van der Waals surface area contributed by atoms with E-state index in [4.69, 9.17) is 9.47 Å². The van der Waals surface area contributed by atoms with Crippen molar-refractivity contribution in [2.75, 3.05) is 37.2 Å². The van der Waals surface area contributed by atoms with Crippen molar-refractivity contribution in [3.8, 4) is 11.5 Å². The highest BCUT2D eigenvalue weighted by Gasteiger charge is 2.28. The molecule has 28 heavy (non-hydrogen) atoms. The number of urea groups is 1. The molecule has 0 spiro atoms. The van der Waals surface area contributed by atoms with Gasteiger partial charge in [-0.2, -0.15) is 4.31 Å². The molecule has 152 valence electrons. The quantitative estimate of drug-likeness (QED) is 0.734. The standard InChI is InChI=1S/C17H22N4O5S2/c1-4-28(23,24)21-9-8-11-14(10-21)27-17(19-11)20-16(22)18-12-6-5-7-13(25-2)15(12)26-3/h5-7H,4,8-10H2,1-3H3,(H2,18,19,20,22). The van der Waals surface area contributed by atoms with Gasteiger partial charge in [0.15, 0.2) is 16.6 Å². The van der Waals surface area contributed by atoms with E-state index in [0.717, 1.165) is 10.6 Å². The van der Waals surface area contributed by atoms with Crippen LogP contribution in [-0.2, 0) is 23.0 Å². The van der Waals surface area contributed by atoms with Gasteiger partial charge in [-0.3, -0.25) is 5.32 Å². The molecule has 0 radical (unpaired) electrons. The van der Waals surface area contributed by atoms with Gasteiger partial charge in [0.2, 0.25) is 10.0 Å². The van der Waals surface area contributed by atoms with Crippen LogP contribution in [0.3, 0.4) is 0 Å².